The zero-order chi connectivity index (χ0) is 12.4. The number of aromatic nitrogens is 3. The molecule has 0 aliphatic rings. The summed E-state index contributed by atoms with van der Waals surface area (Å²) in [6, 6.07) is 2.92. The van der Waals surface area contributed by atoms with E-state index >= 15 is 0 Å². The standard InChI is InChI=1S/C11H7Cl2N3O/c1-2-16-6-8(5-14-16)11(17)7-3-9(12)15-10(13)4-7/h2-6H,1H2. The van der Waals surface area contributed by atoms with Gasteiger partial charge in [-0.2, -0.15) is 5.10 Å². The maximum atomic E-state index is 12.0. The summed E-state index contributed by atoms with van der Waals surface area (Å²) in [5.74, 6) is -0.218. The zero-order valence-electron chi connectivity index (χ0n) is 8.60. The smallest absolute Gasteiger partial charge is 0.196 e. The molecule has 86 valence electrons. The van der Waals surface area contributed by atoms with E-state index < -0.39 is 0 Å². The molecule has 17 heavy (non-hydrogen) atoms. The minimum absolute atomic E-state index is 0.178. The molecular formula is C11H7Cl2N3O. The van der Waals surface area contributed by atoms with Crippen molar-refractivity contribution >= 4 is 35.2 Å². The molecule has 0 aromatic carbocycles. The van der Waals surface area contributed by atoms with Crippen LogP contribution in [0.3, 0.4) is 0 Å². The SMILES string of the molecule is C=Cn1cc(C(=O)c2cc(Cl)nc(Cl)c2)cn1. The van der Waals surface area contributed by atoms with Gasteiger partial charge in [0.2, 0.25) is 0 Å². The average molecular weight is 268 g/mol. The Balaban J connectivity index is 2.39. The molecule has 0 radical (unpaired) electrons. The first kappa shape index (κ1) is 11.8. The van der Waals surface area contributed by atoms with Gasteiger partial charge < -0.3 is 0 Å². The molecule has 0 bridgehead atoms. The topological polar surface area (TPSA) is 47.8 Å². The lowest BCUT2D eigenvalue weighted by Crippen LogP contribution is -2.00. The van der Waals surface area contributed by atoms with Crippen molar-refractivity contribution in [3.63, 3.8) is 0 Å². The van der Waals surface area contributed by atoms with Crippen molar-refractivity contribution in [1.29, 1.82) is 0 Å². The molecule has 0 spiro atoms. The van der Waals surface area contributed by atoms with Crippen LogP contribution in [0.15, 0.2) is 31.1 Å². The van der Waals surface area contributed by atoms with Crippen molar-refractivity contribution in [2.45, 2.75) is 0 Å². The van der Waals surface area contributed by atoms with Gasteiger partial charge in [-0.25, -0.2) is 9.67 Å². The Labute approximate surface area is 107 Å². The maximum Gasteiger partial charge on any atom is 0.196 e. The molecule has 2 heterocycles. The summed E-state index contributed by atoms with van der Waals surface area (Å²) >= 11 is 11.5. The van der Waals surface area contributed by atoms with Gasteiger partial charge in [-0.05, 0) is 12.1 Å². The molecule has 0 atom stereocenters. The van der Waals surface area contributed by atoms with Gasteiger partial charge in [-0.3, -0.25) is 4.79 Å². The van der Waals surface area contributed by atoms with Crippen molar-refractivity contribution in [3.05, 3.63) is 52.5 Å². The number of pyridine rings is 1. The van der Waals surface area contributed by atoms with Crippen LogP contribution in [0, 0.1) is 0 Å². The third kappa shape index (κ3) is 2.54. The molecule has 0 fully saturated rings. The van der Waals surface area contributed by atoms with Crippen LogP contribution in [0.5, 0.6) is 0 Å². The molecule has 0 unspecified atom stereocenters. The second kappa shape index (κ2) is 4.69. The summed E-state index contributed by atoms with van der Waals surface area (Å²) in [5.41, 5.74) is 0.807. The van der Waals surface area contributed by atoms with Gasteiger partial charge in [-0.1, -0.05) is 29.8 Å². The highest BCUT2D eigenvalue weighted by Crippen LogP contribution is 2.17. The fourth-order valence-corrected chi connectivity index (χ4v) is 1.78. The molecule has 0 aliphatic heterocycles. The number of halogens is 2. The summed E-state index contributed by atoms with van der Waals surface area (Å²) in [5, 5.41) is 4.28. The lowest BCUT2D eigenvalue weighted by Gasteiger charge is -1.99. The first-order valence-electron chi connectivity index (χ1n) is 4.64. The highest BCUT2D eigenvalue weighted by atomic mass is 35.5. The van der Waals surface area contributed by atoms with Crippen molar-refractivity contribution < 1.29 is 4.79 Å². The first-order valence-corrected chi connectivity index (χ1v) is 5.40. The number of carbonyl (C=O) groups excluding carboxylic acids is 1. The lowest BCUT2D eigenvalue weighted by molar-refractivity contribution is 0.103. The van der Waals surface area contributed by atoms with E-state index in [2.05, 4.69) is 16.7 Å². The lowest BCUT2D eigenvalue weighted by atomic mass is 10.1. The van der Waals surface area contributed by atoms with Crippen molar-refractivity contribution in [1.82, 2.24) is 14.8 Å². The highest BCUT2D eigenvalue weighted by molar-refractivity contribution is 6.33. The minimum atomic E-state index is -0.218. The summed E-state index contributed by atoms with van der Waals surface area (Å²) in [4.78, 5) is 15.8. The molecule has 2 rings (SSSR count). The van der Waals surface area contributed by atoms with Gasteiger partial charge in [0.05, 0.1) is 11.8 Å². The Kier molecular flexibility index (Phi) is 3.26. The Bertz CT molecular complexity index is 572. The molecule has 2 aromatic rings. The third-order valence-corrected chi connectivity index (χ3v) is 2.46. The van der Waals surface area contributed by atoms with Crippen molar-refractivity contribution in [2.75, 3.05) is 0 Å². The van der Waals surface area contributed by atoms with Crippen molar-refractivity contribution in [2.24, 2.45) is 0 Å². The molecule has 0 amide bonds. The molecule has 6 heteroatoms. The van der Waals surface area contributed by atoms with Crippen LogP contribution in [-0.4, -0.2) is 20.5 Å². The van der Waals surface area contributed by atoms with Crippen LogP contribution in [0.4, 0.5) is 0 Å². The van der Waals surface area contributed by atoms with Crippen molar-refractivity contribution in [3.8, 4) is 0 Å². The van der Waals surface area contributed by atoms with E-state index in [1.165, 1.54) is 29.2 Å². The van der Waals surface area contributed by atoms with Gasteiger partial charge in [0.1, 0.15) is 10.3 Å². The fourth-order valence-electron chi connectivity index (χ4n) is 1.32. The van der Waals surface area contributed by atoms with Gasteiger partial charge >= 0.3 is 0 Å². The normalized spacial score (nSPS) is 10.2. The molecular weight excluding hydrogens is 261 g/mol. The summed E-state index contributed by atoms with van der Waals surface area (Å²) < 4.78 is 1.44. The quantitative estimate of drug-likeness (QED) is 0.635. The van der Waals surface area contributed by atoms with E-state index in [1.54, 1.807) is 6.20 Å². The van der Waals surface area contributed by atoms with Crippen LogP contribution in [0.2, 0.25) is 10.3 Å². The number of nitrogens with zero attached hydrogens (tertiary/aromatic N) is 3. The van der Waals surface area contributed by atoms with Crippen LogP contribution in [-0.2, 0) is 0 Å². The Morgan fingerprint density at radius 2 is 1.94 bits per heavy atom. The second-order valence-electron chi connectivity index (χ2n) is 3.22. The maximum absolute atomic E-state index is 12.0. The zero-order valence-corrected chi connectivity index (χ0v) is 10.1. The van der Waals surface area contributed by atoms with Gasteiger partial charge in [0.15, 0.2) is 5.78 Å². The van der Waals surface area contributed by atoms with Crippen LogP contribution in [0.25, 0.3) is 6.20 Å². The molecule has 4 nitrogen and oxygen atoms in total. The number of rotatable bonds is 3. The molecule has 0 N–H and O–H groups in total. The molecule has 0 saturated heterocycles. The number of hydrogen-bond acceptors (Lipinski definition) is 3. The Hall–Kier alpha value is -1.65. The van der Waals surface area contributed by atoms with E-state index in [-0.39, 0.29) is 16.1 Å². The summed E-state index contributed by atoms with van der Waals surface area (Å²) in [6.07, 6.45) is 4.51. The Morgan fingerprint density at radius 1 is 1.29 bits per heavy atom. The largest absolute Gasteiger partial charge is 0.288 e. The van der Waals surface area contributed by atoms with E-state index in [4.69, 9.17) is 23.2 Å². The monoisotopic (exact) mass is 267 g/mol. The van der Waals surface area contributed by atoms with Crippen LogP contribution >= 0.6 is 23.2 Å². The fraction of sp³-hybridized carbons (Fsp3) is 0. The van der Waals surface area contributed by atoms with E-state index in [0.29, 0.717) is 11.1 Å². The van der Waals surface area contributed by atoms with Crippen LogP contribution < -0.4 is 0 Å². The van der Waals surface area contributed by atoms with Gasteiger partial charge in [0.25, 0.3) is 0 Å². The van der Waals surface area contributed by atoms with Crippen LogP contribution in [0.1, 0.15) is 15.9 Å². The third-order valence-electron chi connectivity index (χ3n) is 2.08. The van der Waals surface area contributed by atoms with Gasteiger partial charge in [0, 0.05) is 18.0 Å². The number of ketones is 1. The number of hydrogen-bond donors (Lipinski definition) is 0. The summed E-state index contributed by atoms with van der Waals surface area (Å²) in [7, 11) is 0. The highest BCUT2D eigenvalue weighted by Gasteiger charge is 2.13. The molecule has 0 saturated carbocycles. The first-order chi connectivity index (χ1) is 8.10. The van der Waals surface area contributed by atoms with Gasteiger partial charge in [-0.15, -0.1) is 0 Å². The average Bonchev–Trinajstić information content (AvgIpc) is 2.75. The molecule has 0 aliphatic carbocycles. The van der Waals surface area contributed by atoms with E-state index in [9.17, 15) is 4.79 Å². The minimum Gasteiger partial charge on any atom is -0.288 e. The number of carbonyl (C=O) groups is 1. The van der Waals surface area contributed by atoms with E-state index in [0.717, 1.165) is 0 Å². The predicted molar refractivity (Wildman–Crippen MR) is 66.3 cm³/mol. The summed E-state index contributed by atoms with van der Waals surface area (Å²) in [6.45, 7) is 3.54. The van der Waals surface area contributed by atoms with E-state index in [1.807, 2.05) is 0 Å². The predicted octanol–water partition coefficient (Wildman–Crippen LogP) is 2.92. The molecule has 2 aromatic heterocycles. The second-order valence-corrected chi connectivity index (χ2v) is 4.00. The Morgan fingerprint density at radius 3 is 2.47 bits per heavy atom.